The van der Waals surface area contributed by atoms with Crippen LogP contribution >= 0.6 is 0 Å². The largest absolute Gasteiger partial charge is 0.343 e. The number of hydrogen-bond acceptors (Lipinski definition) is 2. The minimum Gasteiger partial charge on any atom is -0.343 e. The van der Waals surface area contributed by atoms with Crippen LogP contribution in [0.3, 0.4) is 0 Å². The zero-order valence-electron chi connectivity index (χ0n) is 9.83. The van der Waals surface area contributed by atoms with E-state index >= 15 is 0 Å². The summed E-state index contributed by atoms with van der Waals surface area (Å²) in [4.78, 5) is 13.5. The van der Waals surface area contributed by atoms with Gasteiger partial charge in [0.2, 0.25) is 5.91 Å². The monoisotopic (exact) mass is 210 g/mol. The van der Waals surface area contributed by atoms with E-state index in [1.165, 1.54) is 12.8 Å². The van der Waals surface area contributed by atoms with Gasteiger partial charge in [0.15, 0.2) is 0 Å². The molecule has 0 radical (unpaired) electrons. The first kappa shape index (κ1) is 12.2. The molecule has 0 aromatic rings. The molecule has 15 heavy (non-hydrogen) atoms. The average Bonchev–Trinajstić information content (AvgIpc) is 2.28. The molecule has 1 aliphatic rings. The topological polar surface area (TPSA) is 32.3 Å². The maximum atomic E-state index is 11.6. The van der Waals surface area contributed by atoms with Crippen molar-refractivity contribution in [3.8, 4) is 0 Å². The van der Waals surface area contributed by atoms with Crippen molar-refractivity contribution in [3.05, 3.63) is 12.7 Å². The van der Waals surface area contributed by atoms with E-state index in [4.69, 9.17) is 0 Å². The predicted molar refractivity (Wildman–Crippen MR) is 62.7 cm³/mol. The molecule has 0 aromatic carbocycles. The molecule has 86 valence electrons. The molecule has 0 aromatic heterocycles. The first-order chi connectivity index (χ1) is 7.19. The van der Waals surface area contributed by atoms with Crippen molar-refractivity contribution in [3.63, 3.8) is 0 Å². The van der Waals surface area contributed by atoms with E-state index in [9.17, 15) is 4.79 Å². The molecule has 0 aliphatic heterocycles. The lowest BCUT2D eigenvalue weighted by molar-refractivity contribution is -0.131. The summed E-state index contributed by atoms with van der Waals surface area (Å²) in [5, 5.41) is 3.30. The maximum Gasteiger partial charge on any atom is 0.226 e. The van der Waals surface area contributed by atoms with Gasteiger partial charge in [-0.25, -0.2) is 0 Å². The molecule has 0 saturated heterocycles. The number of amides is 1. The third kappa shape index (κ3) is 3.34. The Kier molecular flexibility index (Phi) is 4.82. The fraction of sp³-hybridized carbons (Fsp3) is 0.750. The maximum absolute atomic E-state index is 11.6. The summed E-state index contributed by atoms with van der Waals surface area (Å²) in [6.45, 7) is 3.60. The van der Waals surface area contributed by atoms with E-state index in [0.717, 1.165) is 12.8 Å². The van der Waals surface area contributed by atoms with E-state index in [2.05, 4.69) is 11.9 Å². The number of rotatable bonds is 4. The molecule has 0 unspecified atom stereocenters. The second-order valence-electron chi connectivity index (χ2n) is 4.29. The number of carbonyl (C=O) groups is 1. The van der Waals surface area contributed by atoms with Crippen molar-refractivity contribution in [1.82, 2.24) is 10.2 Å². The number of hydrogen-bond donors (Lipinski definition) is 1. The quantitative estimate of drug-likeness (QED) is 0.714. The average molecular weight is 210 g/mol. The van der Waals surface area contributed by atoms with Crippen molar-refractivity contribution < 1.29 is 4.79 Å². The number of carbonyl (C=O) groups excluding carboxylic acids is 1. The molecule has 1 N–H and O–H groups in total. The molecule has 1 amide bonds. The van der Waals surface area contributed by atoms with Crippen molar-refractivity contribution in [2.24, 2.45) is 0 Å². The molecule has 3 nitrogen and oxygen atoms in total. The fourth-order valence-corrected chi connectivity index (χ4v) is 2.22. The first-order valence-electron chi connectivity index (χ1n) is 5.72. The van der Waals surface area contributed by atoms with Crippen LogP contribution in [0.4, 0.5) is 0 Å². The lowest BCUT2D eigenvalue weighted by Crippen LogP contribution is -2.42. The Balaban J connectivity index is 2.38. The van der Waals surface area contributed by atoms with Crippen LogP contribution in [-0.2, 0) is 4.79 Å². The minimum absolute atomic E-state index is 0.193. The van der Waals surface area contributed by atoms with Crippen molar-refractivity contribution in [2.45, 2.75) is 44.2 Å². The van der Waals surface area contributed by atoms with Crippen molar-refractivity contribution >= 4 is 5.91 Å². The Morgan fingerprint density at radius 3 is 2.53 bits per heavy atom. The fourth-order valence-electron chi connectivity index (χ4n) is 2.22. The summed E-state index contributed by atoms with van der Waals surface area (Å²) in [7, 11) is 3.92. The summed E-state index contributed by atoms with van der Waals surface area (Å²) < 4.78 is 0. The van der Waals surface area contributed by atoms with Crippen molar-refractivity contribution in [2.75, 3.05) is 14.1 Å². The Bertz CT molecular complexity index is 220. The van der Waals surface area contributed by atoms with Gasteiger partial charge in [-0.15, -0.1) is 6.58 Å². The minimum atomic E-state index is 0.193. The zero-order chi connectivity index (χ0) is 11.3. The van der Waals surface area contributed by atoms with Gasteiger partial charge in [0.05, 0.1) is 0 Å². The molecule has 0 atom stereocenters. The molecule has 1 rings (SSSR count). The molecule has 0 spiro atoms. The first-order valence-corrected chi connectivity index (χ1v) is 5.72. The van der Waals surface area contributed by atoms with Gasteiger partial charge in [-0.3, -0.25) is 4.79 Å². The summed E-state index contributed by atoms with van der Waals surface area (Å²) in [5.74, 6) is 0.193. The van der Waals surface area contributed by atoms with Crippen LogP contribution in [0.1, 0.15) is 32.1 Å². The molecule has 0 heterocycles. The molecule has 1 aliphatic carbocycles. The molecule has 1 fully saturated rings. The highest BCUT2D eigenvalue weighted by Gasteiger charge is 2.24. The van der Waals surface area contributed by atoms with Crippen LogP contribution in [0.15, 0.2) is 12.7 Å². The highest BCUT2D eigenvalue weighted by atomic mass is 16.2. The summed E-state index contributed by atoms with van der Waals surface area (Å²) in [6, 6.07) is 1.08. The van der Waals surface area contributed by atoms with E-state index < -0.39 is 0 Å². The number of nitrogens with one attached hydrogen (secondary N) is 1. The molecule has 0 bridgehead atoms. The van der Waals surface area contributed by atoms with Crippen LogP contribution in [-0.4, -0.2) is 37.0 Å². The Morgan fingerprint density at radius 1 is 1.47 bits per heavy atom. The SMILES string of the molecule is C=CCC(=O)N(C)C1CCC(NC)CC1. The molecule has 1 saturated carbocycles. The van der Waals surface area contributed by atoms with Crippen LogP contribution in [0.25, 0.3) is 0 Å². The van der Waals surface area contributed by atoms with Gasteiger partial charge >= 0.3 is 0 Å². The smallest absolute Gasteiger partial charge is 0.226 e. The van der Waals surface area contributed by atoms with Crippen LogP contribution < -0.4 is 5.32 Å². The number of nitrogens with zero attached hydrogens (tertiary/aromatic N) is 1. The lowest BCUT2D eigenvalue weighted by Gasteiger charge is -2.34. The third-order valence-corrected chi connectivity index (χ3v) is 3.37. The Labute approximate surface area is 92.5 Å². The van der Waals surface area contributed by atoms with Crippen LogP contribution in [0.5, 0.6) is 0 Å². The van der Waals surface area contributed by atoms with E-state index in [0.29, 0.717) is 18.5 Å². The highest BCUT2D eigenvalue weighted by molar-refractivity contribution is 5.77. The van der Waals surface area contributed by atoms with Crippen LogP contribution in [0, 0.1) is 0 Å². The zero-order valence-corrected chi connectivity index (χ0v) is 9.83. The summed E-state index contributed by atoms with van der Waals surface area (Å²) >= 11 is 0. The summed E-state index contributed by atoms with van der Waals surface area (Å²) in [6.07, 6.45) is 6.72. The molecular weight excluding hydrogens is 188 g/mol. The van der Waals surface area contributed by atoms with Gasteiger partial charge in [0.25, 0.3) is 0 Å². The lowest BCUT2D eigenvalue weighted by atomic mass is 9.90. The van der Waals surface area contributed by atoms with E-state index in [1.54, 1.807) is 6.08 Å². The Morgan fingerprint density at radius 2 is 2.07 bits per heavy atom. The highest BCUT2D eigenvalue weighted by Crippen LogP contribution is 2.22. The van der Waals surface area contributed by atoms with Gasteiger partial charge in [0, 0.05) is 25.6 Å². The Hall–Kier alpha value is -0.830. The summed E-state index contributed by atoms with van der Waals surface area (Å²) in [5.41, 5.74) is 0. The third-order valence-electron chi connectivity index (χ3n) is 3.37. The second kappa shape index (κ2) is 5.91. The van der Waals surface area contributed by atoms with E-state index in [-0.39, 0.29) is 5.91 Å². The van der Waals surface area contributed by atoms with Gasteiger partial charge in [0.1, 0.15) is 0 Å². The predicted octanol–water partition coefficient (Wildman–Crippen LogP) is 1.55. The van der Waals surface area contributed by atoms with Gasteiger partial charge in [-0.1, -0.05) is 6.08 Å². The van der Waals surface area contributed by atoms with Gasteiger partial charge in [-0.05, 0) is 32.7 Å². The van der Waals surface area contributed by atoms with Gasteiger partial charge < -0.3 is 10.2 Å². The van der Waals surface area contributed by atoms with E-state index in [1.807, 2.05) is 19.0 Å². The van der Waals surface area contributed by atoms with Gasteiger partial charge in [-0.2, -0.15) is 0 Å². The standard InChI is InChI=1S/C12H22N2O/c1-4-5-12(15)14(3)11-8-6-10(13-2)7-9-11/h4,10-11,13H,1,5-9H2,2-3H3. The van der Waals surface area contributed by atoms with Crippen molar-refractivity contribution in [1.29, 1.82) is 0 Å². The second-order valence-corrected chi connectivity index (χ2v) is 4.29. The normalized spacial score (nSPS) is 26.0. The molecular formula is C12H22N2O. The molecule has 3 heteroatoms. The van der Waals surface area contributed by atoms with Crippen LogP contribution in [0.2, 0.25) is 0 Å².